The van der Waals surface area contributed by atoms with Gasteiger partial charge in [-0.1, -0.05) is 23.5 Å². The van der Waals surface area contributed by atoms with Crippen LogP contribution >= 0.6 is 23.1 Å². The molecule has 0 fully saturated rings. The maximum atomic E-state index is 12.0. The summed E-state index contributed by atoms with van der Waals surface area (Å²) in [5, 5.41) is 6.15. The van der Waals surface area contributed by atoms with Crippen molar-refractivity contribution >= 4 is 50.2 Å². The number of nitrogens with zero attached hydrogens (tertiary/aromatic N) is 1. The van der Waals surface area contributed by atoms with E-state index in [4.69, 9.17) is 0 Å². The number of carbonyl (C=O) groups is 1. The summed E-state index contributed by atoms with van der Waals surface area (Å²) in [6.45, 7) is 0. The predicted octanol–water partition coefficient (Wildman–Crippen LogP) is 4.66. The van der Waals surface area contributed by atoms with E-state index in [0.29, 0.717) is 5.13 Å². The third-order valence-corrected chi connectivity index (χ3v) is 4.56. The molecule has 1 heterocycles. The minimum atomic E-state index is -0.286. The fraction of sp³-hybridized carbons (Fsp3) is 0.0667. The Morgan fingerprint density at radius 2 is 1.86 bits per heavy atom. The van der Waals surface area contributed by atoms with Gasteiger partial charge in [-0.05, 0) is 42.7 Å². The van der Waals surface area contributed by atoms with Crippen LogP contribution < -0.4 is 10.6 Å². The van der Waals surface area contributed by atoms with Crippen LogP contribution in [0, 0.1) is 0 Å². The van der Waals surface area contributed by atoms with Crippen LogP contribution in [0.3, 0.4) is 0 Å². The second-order valence-electron chi connectivity index (χ2n) is 4.29. The normalized spacial score (nSPS) is 10.5. The summed E-state index contributed by atoms with van der Waals surface area (Å²) in [5.74, 6) is 0. The van der Waals surface area contributed by atoms with Crippen LogP contribution in [0.1, 0.15) is 0 Å². The van der Waals surface area contributed by atoms with Gasteiger partial charge < -0.3 is 5.32 Å². The predicted molar refractivity (Wildman–Crippen MR) is 90.5 cm³/mol. The van der Waals surface area contributed by atoms with Gasteiger partial charge in [0, 0.05) is 10.6 Å². The van der Waals surface area contributed by atoms with E-state index in [1.54, 1.807) is 11.8 Å². The van der Waals surface area contributed by atoms with Gasteiger partial charge in [0.1, 0.15) is 0 Å². The van der Waals surface area contributed by atoms with Crippen LogP contribution in [0.15, 0.2) is 53.4 Å². The molecule has 2 N–H and O–H groups in total. The lowest BCUT2D eigenvalue weighted by Crippen LogP contribution is -2.19. The molecule has 6 heteroatoms. The van der Waals surface area contributed by atoms with Crippen molar-refractivity contribution in [1.29, 1.82) is 0 Å². The molecule has 3 aromatic rings. The highest BCUT2D eigenvalue weighted by atomic mass is 32.2. The van der Waals surface area contributed by atoms with Gasteiger partial charge in [0.25, 0.3) is 0 Å². The van der Waals surface area contributed by atoms with Crippen LogP contribution in [0.25, 0.3) is 10.2 Å². The standard InChI is InChI=1S/C15H13N3OS2/c1-20-11-8-6-10(7-9-11)16-14(19)18-15-17-12-4-2-3-5-13(12)21-15/h2-9H,1H3,(H2,16,17,18,19). The maximum Gasteiger partial charge on any atom is 0.325 e. The Kier molecular flexibility index (Phi) is 4.08. The Hall–Kier alpha value is -2.05. The minimum absolute atomic E-state index is 0.286. The fourth-order valence-electron chi connectivity index (χ4n) is 1.86. The molecule has 0 bridgehead atoms. The van der Waals surface area contributed by atoms with Crippen molar-refractivity contribution in [3.8, 4) is 0 Å². The summed E-state index contributed by atoms with van der Waals surface area (Å²) in [7, 11) is 0. The number of nitrogens with one attached hydrogen (secondary N) is 2. The monoisotopic (exact) mass is 315 g/mol. The molecule has 106 valence electrons. The average Bonchev–Trinajstić information content (AvgIpc) is 2.90. The highest BCUT2D eigenvalue weighted by Crippen LogP contribution is 2.25. The molecule has 0 aliphatic heterocycles. The van der Waals surface area contributed by atoms with E-state index < -0.39 is 0 Å². The zero-order valence-electron chi connectivity index (χ0n) is 11.3. The highest BCUT2D eigenvalue weighted by molar-refractivity contribution is 7.98. The summed E-state index contributed by atoms with van der Waals surface area (Å²) in [4.78, 5) is 17.5. The minimum Gasteiger partial charge on any atom is -0.308 e. The van der Waals surface area contributed by atoms with E-state index in [-0.39, 0.29) is 6.03 Å². The summed E-state index contributed by atoms with van der Waals surface area (Å²) in [6, 6.07) is 15.2. The lowest BCUT2D eigenvalue weighted by Gasteiger charge is -2.05. The van der Waals surface area contributed by atoms with Crippen LogP contribution in [-0.4, -0.2) is 17.3 Å². The highest BCUT2D eigenvalue weighted by Gasteiger charge is 2.07. The Labute approximate surface area is 130 Å². The average molecular weight is 315 g/mol. The first kappa shape index (κ1) is 13.9. The molecule has 0 unspecified atom stereocenters. The van der Waals surface area contributed by atoms with E-state index in [2.05, 4.69) is 15.6 Å². The molecule has 21 heavy (non-hydrogen) atoms. The van der Waals surface area contributed by atoms with Gasteiger partial charge in [-0.2, -0.15) is 0 Å². The zero-order valence-corrected chi connectivity index (χ0v) is 12.9. The molecule has 2 aromatic carbocycles. The first-order valence-electron chi connectivity index (χ1n) is 6.32. The largest absolute Gasteiger partial charge is 0.325 e. The number of para-hydroxylation sites is 1. The van der Waals surface area contributed by atoms with Crippen molar-refractivity contribution in [3.05, 3.63) is 48.5 Å². The van der Waals surface area contributed by atoms with Crippen LogP contribution in [0.5, 0.6) is 0 Å². The molecule has 0 atom stereocenters. The van der Waals surface area contributed by atoms with Gasteiger partial charge in [0.05, 0.1) is 10.2 Å². The van der Waals surface area contributed by atoms with Crippen molar-refractivity contribution in [2.75, 3.05) is 16.9 Å². The van der Waals surface area contributed by atoms with Gasteiger partial charge in [0.15, 0.2) is 5.13 Å². The number of fused-ring (bicyclic) bond motifs is 1. The molecular weight excluding hydrogens is 302 g/mol. The Morgan fingerprint density at radius 1 is 1.10 bits per heavy atom. The third kappa shape index (κ3) is 3.34. The molecule has 0 saturated heterocycles. The summed E-state index contributed by atoms with van der Waals surface area (Å²) in [5.41, 5.74) is 1.65. The molecule has 0 aliphatic rings. The van der Waals surface area contributed by atoms with E-state index in [1.165, 1.54) is 11.3 Å². The van der Waals surface area contributed by atoms with Gasteiger partial charge >= 0.3 is 6.03 Å². The molecule has 0 spiro atoms. The summed E-state index contributed by atoms with van der Waals surface area (Å²) < 4.78 is 1.05. The van der Waals surface area contributed by atoms with Gasteiger partial charge in [-0.15, -0.1) is 11.8 Å². The summed E-state index contributed by atoms with van der Waals surface area (Å²) >= 11 is 3.12. The Balaban J connectivity index is 1.67. The fourth-order valence-corrected chi connectivity index (χ4v) is 3.13. The number of anilines is 2. The van der Waals surface area contributed by atoms with Crippen molar-refractivity contribution in [2.45, 2.75) is 4.90 Å². The number of thioether (sulfide) groups is 1. The third-order valence-electron chi connectivity index (χ3n) is 2.86. The molecule has 3 rings (SSSR count). The molecular formula is C15H13N3OS2. The molecule has 0 aliphatic carbocycles. The lowest BCUT2D eigenvalue weighted by atomic mass is 10.3. The summed E-state index contributed by atoms with van der Waals surface area (Å²) in [6.07, 6.45) is 2.02. The van der Waals surface area contributed by atoms with E-state index in [1.807, 2.05) is 54.8 Å². The number of amides is 2. The Bertz CT molecular complexity index is 735. The second-order valence-corrected chi connectivity index (χ2v) is 6.20. The topological polar surface area (TPSA) is 54.0 Å². The van der Waals surface area contributed by atoms with E-state index >= 15 is 0 Å². The number of rotatable bonds is 3. The smallest absolute Gasteiger partial charge is 0.308 e. The van der Waals surface area contributed by atoms with Crippen molar-refractivity contribution in [1.82, 2.24) is 4.98 Å². The van der Waals surface area contributed by atoms with Crippen LogP contribution in [-0.2, 0) is 0 Å². The number of thiazole rings is 1. The SMILES string of the molecule is CSc1ccc(NC(=O)Nc2nc3ccccc3s2)cc1. The maximum absolute atomic E-state index is 12.0. The number of urea groups is 1. The molecule has 0 saturated carbocycles. The molecule has 4 nitrogen and oxygen atoms in total. The molecule has 0 radical (unpaired) electrons. The van der Waals surface area contributed by atoms with Crippen LogP contribution in [0.4, 0.5) is 15.6 Å². The van der Waals surface area contributed by atoms with Gasteiger partial charge in [-0.25, -0.2) is 9.78 Å². The number of aromatic nitrogens is 1. The van der Waals surface area contributed by atoms with E-state index in [9.17, 15) is 4.79 Å². The molecule has 1 aromatic heterocycles. The quantitative estimate of drug-likeness (QED) is 0.691. The lowest BCUT2D eigenvalue weighted by molar-refractivity contribution is 0.262. The first-order chi connectivity index (χ1) is 10.2. The number of carbonyl (C=O) groups excluding carboxylic acids is 1. The van der Waals surface area contributed by atoms with Gasteiger partial charge in [-0.3, -0.25) is 5.32 Å². The second kappa shape index (κ2) is 6.15. The Morgan fingerprint density at radius 3 is 2.57 bits per heavy atom. The zero-order chi connectivity index (χ0) is 14.7. The first-order valence-corrected chi connectivity index (χ1v) is 8.36. The van der Waals surface area contributed by atoms with Crippen molar-refractivity contribution in [2.24, 2.45) is 0 Å². The number of benzene rings is 2. The van der Waals surface area contributed by atoms with E-state index in [0.717, 1.165) is 20.8 Å². The number of hydrogen-bond donors (Lipinski definition) is 2. The number of hydrogen-bond acceptors (Lipinski definition) is 4. The van der Waals surface area contributed by atoms with Crippen LogP contribution in [0.2, 0.25) is 0 Å². The molecule has 2 amide bonds. The van der Waals surface area contributed by atoms with Crippen molar-refractivity contribution < 1.29 is 4.79 Å². The van der Waals surface area contributed by atoms with Gasteiger partial charge in [0.2, 0.25) is 0 Å². The van der Waals surface area contributed by atoms with Crippen molar-refractivity contribution in [3.63, 3.8) is 0 Å².